The van der Waals surface area contributed by atoms with Crippen molar-refractivity contribution in [3.8, 4) is 0 Å². The molecule has 9 heteroatoms. The molecule has 0 aliphatic carbocycles. The first-order valence-electron chi connectivity index (χ1n) is 7.38. The van der Waals surface area contributed by atoms with E-state index in [9.17, 15) is 13.5 Å². The summed E-state index contributed by atoms with van der Waals surface area (Å²) < 4.78 is 23.5. The zero-order chi connectivity index (χ0) is 17.2. The molecule has 1 heterocycles. The van der Waals surface area contributed by atoms with Crippen LogP contribution in [0, 0.1) is 0 Å². The SMILES string of the molecule is CC(C)N1CCN(C(O)c2ccc(Cl)c(S(=O)(=O)NO)c2)CC1. The second-order valence-electron chi connectivity index (χ2n) is 5.82. The summed E-state index contributed by atoms with van der Waals surface area (Å²) in [5.41, 5.74) is 0.418. The molecule has 1 fully saturated rings. The van der Waals surface area contributed by atoms with Crippen molar-refractivity contribution in [2.24, 2.45) is 0 Å². The maximum Gasteiger partial charge on any atom is 0.263 e. The van der Waals surface area contributed by atoms with E-state index in [-0.39, 0.29) is 9.92 Å². The van der Waals surface area contributed by atoms with Crippen molar-refractivity contribution >= 4 is 21.6 Å². The van der Waals surface area contributed by atoms with Gasteiger partial charge in [-0.3, -0.25) is 9.80 Å². The number of hydrogen-bond acceptors (Lipinski definition) is 6. The first kappa shape index (κ1) is 18.6. The number of aliphatic hydroxyl groups excluding tert-OH is 1. The van der Waals surface area contributed by atoms with E-state index in [1.54, 1.807) is 6.07 Å². The van der Waals surface area contributed by atoms with Crippen LogP contribution >= 0.6 is 11.6 Å². The smallest absolute Gasteiger partial charge is 0.263 e. The molecule has 0 spiro atoms. The van der Waals surface area contributed by atoms with Crippen LogP contribution in [0.25, 0.3) is 0 Å². The third-order valence-electron chi connectivity index (χ3n) is 4.09. The Kier molecular flexibility index (Phi) is 6.01. The normalized spacial score (nSPS) is 19.2. The van der Waals surface area contributed by atoms with Gasteiger partial charge in [-0.1, -0.05) is 22.6 Å². The Morgan fingerprint density at radius 1 is 1.17 bits per heavy atom. The van der Waals surface area contributed by atoms with Crippen LogP contribution in [0.5, 0.6) is 0 Å². The summed E-state index contributed by atoms with van der Waals surface area (Å²) in [7, 11) is -4.10. The Morgan fingerprint density at radius 2 is 1.74 bits per heavy atom. The van der Waals surface area contributed by atoms with Gasteiger partial charge in [0.2, 0.25) is 0 Å². The first-order valence-corrected chi connectivity index (χ1v) is 9.24. The lowest BCUT2D eigenvalue weighted by Crippen LogP contribution is -2.49. The fourth-order valence-electron chi connectivity index (χ4n) is 2.64. The van der Waals surface area contributed by atoms with Crippen LogP contribution in [0.4, 0.5) is 0 Å². The van der Waals surface area contributed by atoms with Crippen LogP contribution in [0.3, 0.4) is 0 Å². The van der Waals surface area contributed by atoms with Crippen LogP contribution in [0.2, 0.25) is 5.02 Å². The monoisotopic (exact) mass is 363 g/mol. The van der Waals surface area contributed by atoms with Gasteiger partial charge >= 0.3 is 0 Å². The molecule has 7 nitrogen and oxygen atoms in total. The zero-order valence-electron chi connectivity index (χ0n) is 13.1. The Hall–Kier alpha value is -0.740. The van der Waals surface area contributed by atoms with Crippen molar-refractivity contribution in [2.45, 2.75) is 31.0 Å². The van der Waals surface area contributed by atoms with Crippen LogP contribution in [0.1, 0.15) is 25.6 Å². The number of halogens is 1. The van der Waals surface area contributed by atoms with E-state index in [2.05, 4.69) is 18.7 Å². The Morgan fingerprint density at radius 3 is 2.26 bits per heavy atom. The average molecular weight is 364 g/mol. The molecular weight excluding hydrogens is 342 g/mol. The topological polar surface area (TPSA) is 93.1 Å². The Bertz CT molecular complexity index is 645. The molecule has 1 saturated heterocycles. The van der Waals surface area contributed by atoms with Crippen molar-refractivity contribution in [1.29, 1.82) is 0 Å². The fourth-order valence-corrected chi connectivity index (χ4v) is 3.78. The van der Waals surface area contributed by atoms with Gasteiger partial charge in [-0.2, -0.15) is 0 Å². The van der Waals surface area contributed by atoms with Gasteiger partial charge in [0, 0.05) is 32.2 Å². The highest BCUT2D eigenvalue weighted by molar-refractivity contribution is 7.89. The number of nitrogens with one attached hydrogen (secondary N) is 1. The minimum atomic E-state index is -4.10. The molecular formula is C14H22ClN3O4S. The molecule has 0 saturated carbocycles. The number of piperazine rings is 1. The number of nitrogens with zero attached hydrogens (tertiary/aromatic N) is 2. The van der Waals surface area contributed by atoms with Gasteiger partial charge in [0.15, 0.2) is 0 Å². The largest absolute Gasteiger partial charge is 0.374 e. The minimum absolute atomic E-state index is 0.0212. The molecule has 1 aliphatic rings. The van der Waals surface area contributed by atoms with Crippen LogP contribution in [-0.2, 0) is 10.0 Å². The van der Waals surface area contributed by atoms with Gasteiger partial charge in [-0.05, 0) is 31.5 Å². The summed E-state index contributed by atoms with van der Waals surface area (Å²) in [6.07, 6.45) is -0.922. The van der Waals surface area contributed by atoms with Crippen LogP contribution in [-0.4, -0.2) is 60.8 Å². The van der Waals surface area contributed by atoms with E-state index in [1.807, 2.05) is 4.90 Å². The molecule has 0 amide bonds. The zero-order valence-corrected chi connectivity index (χ0v) is 14.7. The van der Waals surface area contributed by atoms with E-state index in [1.165, 1.54) is 17.0 Å². The molecule has 23 heavy (non-hydrogen) atoms. The summed E-state index contributed by atoms with van der Waals surface area (Å²) in [5.74, 6) is 0. The molecule has 0 aromatic heterocycles. The average Bonchev–Trinajstić information content (AvgIpc) is 2.54. The van der Waals surface area contributed by atoms with E-state index in [4.69, 9.17) is 16.8 Å². The van der Waals surface area contributed by atoms with Crippen molar-refractivity contribution < 1.29 is 18.7 Å². The van der Waals surface area contributed by atoms with E-state index < -0.39 is 16.3 Å². The number of sulfonamides is 1. The Balaban J connectivity index is 2.18. The standard InChI is InChI=1S/C14H22ClN3O4S/c1-10(2)17-5-7-18(8-6-17)14(19)11-3-4-12(15)13(9-11)23(21,22)16-20/h3-4,9-10,14,16,19-20H,5-8H2,1-2H3. The highest BCUT2D eigenvalue weighted by Crippen LogP contribution is 2.27. The third-order valence-corrected chi connectivity index (χ3v) is 5.69. The molecule has 1 aromatic rings. The van der Waals surface area contributed by atoms with Gasteiger partial charge in [-0.25, -0.2) is 8.42 Å². The van der Waals surface area contributed by atoms with Gasteiger partial charge < -0.3 is 10.3 Å². The molecule has 1 atom stereocenters. The molecule has 0 bridgehead atoms. The predicted octanol–water partition coefficient (Wildman–Crippen LogP) is 1.02. The maximum absolute atomic E-state index is 11.7. The predicted molar refractivity (Wildman–Crippen MR) is 86.8 cm³/mol. The Labute approximate surface area is 141 Å². The van der Waals surface area contributed by atoms with E-state index in [0.717, 1.165) is 13.1 Å². The van der Waals surface area contributed by atoms with Gasteiger partial charge in [0.05, 0.1) is 5.02 Å². The van der Waals surface area contributed by atoms with Crippen molar-refractivity contribution in [1.82, 2.24) is 14.7 Å². The van der Waals surface area contributed by atoms with Crippen LogP contribution in [0.15, 0.2) is 23.1 Å². The molecule has 130 valence electrons. The van der Waals surface area contributed by atoms with Crippen molar-refractivity contribution in [2.75, 3.05) is 26.2 Å². The van der Waals surface area contributed by atoms with Gasteiger partial charge in [0.1, 0.15) is 11.1 Å². The fraction of sp³-hybridized carbons (Fsp3) is 0.571. The summed E-state index contributed by atoms with van der Waals surface area (Å²) in [6.45, 7) is 7.30. The summed E-state index contributed by atoms with van der Waals surface area (Å²) >= 11 is 5.87. The van der Waals surface area contributed by atoms with Crippen molar-refractivity contribution in [3.05, 3.63) is 28.8 Å². The van der Waals surface area contributed by atoms with Gasteiger partial charge in [0.25, 0.3) is 10.0 Å². The highest BCUT2D eigenvalue weighted by Gasteiger charge is 2.26. The summed E-state index contributed by atoms with van der Waals surface area (Å²) in [5, 5.41) is 19.2. The van der Waals surface area contributed by atoms with E-state index in [0.29, 0.717) is 24.7 Å². The van der Waals surface area contributed by atoms with Crippen molar-refractivity contribution in [3.63, 3.8) is 0 Å². The quantitative estimate of drug-likeness (QED) is 0.676. The molecule has 1 aromatic carbocycles. The summed E-state index contributed by atoms with van der Waals surface area (Å²) in [4.78, 5) is 5.18. The maximum atomic E-state index is 11.7. The highest BCUT2D eigenvalue weighted by atomic mass is 35.5. The number of hydrogen-bond donors (Lipinski definition) is 3. The second kappa shape index (κ2) is 7.43. The molecule has 3 N–H and O–H groups in total. The molecule has 0 radical (unpaired) electrons. The summed E-state index contributed by atoms with van der Waals surface area (Å²) in [6, 6.07) is 4.71. The number of rotatable bonds is 5. The molecule has 1 aliphatic heterocycles. The van der Waals surface area contributed by atoms with Crippen LogP contribution < -0.4 is 4.89 Å². The first-order chi connectivity index (χ1) is 10.8. The second-order valence-corrected chi connectivity index (χ2v) is 7.86. The lowest BCUT2D eigenvalue weighted by atomic mass is 10.1. The number of benzene rings is 1. The third kappa shape index (κ3) is 4.21. The number of aliphatic hydroxyl groups is 1. The lowest BCUT2D eigenvalue weighted by Gasteiger charge is -2.39. The van der Waals surface area contributed by atoms with Gasteiger partial charge in [-0.15, -0.1) is 0 Å². The van der Waals surface area contributed by atoms with E-state index >= 15 is 0 Å². The molecule has 1 unspecified atom stereocenters. The molecule has 2 rings (SSSR count). The lowest BCUT2D eigenvalue weighted by molar-refractivity contribution is -0.0322. The minimum Gasteiger partial charge on any atom is -0.374 e.